The van der Waals surface area contributed by atoms with E-state index >= 15 is 0 Å². The number of esters is 1. The van der Waals surface area contributed by atoms with Crippen molar-refractivity contribution in [1.29, 1.82) is 0 Å². The second-order valence-corrected chi connectivity index (χ2v) is 9.00. The highest BCUT2D eigenvalue weighted by Crippen LogP contribution is 2.62. The fraction of sp³-hybridized carbons (Fsp3) is 0.652. The maximum Gasteiger partial charge on any atom is 0.305 e. The maximum absolute atomic E-state index is 12.9. The van der Waals surface area contributed by atoms with Gasteiger partial charge in [0.2, 0.25) is 0 Å². The van der Waals surface area contributed by atoms with Crippen LogP contribution in [0.3, 0.4) is 0 Å². The molecule has 0 N–H and O–H groups in total. The second kappa shape index (κ2) is 6.51. The van der Waals surface area contributed by atoms with Crippen LogP contribution in [0.15, 0.2) is 18.2 Å². The predicted octanol–water partition coefficient (Wildman–Crippen LogP) is 4.60. The molecule has 5 atom stereocenters. The SMILES string of the molecule is COC(=O)CCC1CC(=O)[C@@]2(C)CCC3c4ccc(C)cc4CCC3C12. The van der Waals surface area contributed by atoms with E-state index in [1.807, 2.05) is 0 Å². The van der Waals surface area contributed by atoms with Gasteiger partial charge in [0.05, 0.1) is 7.11 Å². The van der Waals surface area contributed by atoms with Crippen LogP contribution in [-0.4, -0.2) is 18.9 Å². The normalized spacial score (nSPS) is 35.4. The van der Waals surface area contributed by atoms with E-state index in [9.17, 15) is 9.59 Å². The van der Waals surface area contributed by atoms with E-state index in [-0.39, 0.29) is 11.4 Å². The van der Waals surface area contributed by atoms with Crippen LogP contribution in [-0.2, 0) is 20.7 Å². The quantitative estimate of drug-likeness (QED) is 0.745. The number of rotatable bonds is 3. The Labute approximate surface area is 156 Å². The first kappa shape index (κ1) is 17.8. The molecule has 1 aromatic rings. The van der Waals surface area contributed by atoms with Crippen molar-refractivity contribution < 1.29 is 14.3 Å². The summed E-state index contributed by atoms with van der Waals surface area (Å²) < 4.78 is 4.84. The molecule has 4 rings (SSSR count). The lowest BCUT2D eigenvalue weighted by Gasteiger charge is -2.50. The highest BCUT2D eigenvalue weighted by molar-refractivity contribution is 5.87. The first-order chi connectivity index (χ1) is 12.4. The molecule has 0 heterocycles. The summed E-state index contributed by atoms with van der Waals surface area (Å²) in [7, 11) is 1.45. The van der Waals surface area contributed by atoms with Crippen LogP contribution in [0.1, 0.15) is 68.1 Å². The Morgan fingerprint density at radius 1 is 1.31 bits per heavy atom. The van der Waals surface area contributed by atoms with Crippen LogP contribution in [0.5, 0.6) is 0 Å². The molecule has 140 valence electrons. The largest absolute Gasteiger partial charge is 0.469 e. The van der Waals surface area contributed by atoms with Crippen molar-refractivity contribution in [1.82, 2.24) is 0 Å². The smallest absolute Gasteiger partial charge is 0.305 e. The standard InChI is InChI=1S/C23H30O3/c1-14-4-7-17-15(12-14)5-8-19-18(17)10-11-23(2)20(24)13-16(22(19)23)6-9-21(25)26-3/h4,7,12,16,18-19,22H,5-6,8-11,13H2,1-3H3/t16?,18?,19?,22?,23-/m1/s1. The number of ketones is 1. The van der Waals surface area contributed by atoms with Gasteiger partial charge in [0.25, 0.3) is 0 Å². The van der Waals surface area contributed by atoms with Crippen LogP contribution in [0.4, 0.5) is 0 Å². The molecule has 26 heavy (non-hydrogen) atoms. The zero-order chi connectivity index (χ0) is 18.5. The molecule has 0 spiro atoms. The monoisotopic (exact) mass is 354 g/mol. The van der Waals surface area contributed by atoms with Crippen molar-refractivity contribution in [2.75, 3.05) is 7.11 Å². The predicted molar refractivity (Wildman–Crippen MR) is 101 cm³/mol. The molecule has 1 aromatic carbocycles. The molecule has 0 saturated heterocycles. The number of Topliss-reactive ketones (excluding diaryl/α,β-unsaturated/α-hetero) is 1. The zero-order valence-corrected chi connectivity index (χ0v) is 16.2. The summed E-state index contributed by atoms with van der Waals surface area (Å²) in [5, 5.41) is 0. The lowest BCUT2D eigenvalue weighted by molar-refractivity contribution is -0.141. The summed E-state index contributed by atoms with van der Waals surface area (Å²) in [5.41, 5.74) is 4.21. The average Bonchev–Trinajstić information content (AvgIpc) is 2.89. The highest BCUT2D eigenvalue weighted by Gasteiger charge is 2.58. The number of hydrogen-bond acceptors (Lipinski definition) is 3. The van der Waals surface area contributed by atoms with Gasteiger partial charge >= 0.3 is 5.97 Å². The summed E-state index contributed by atoms with van der Waals surface area (Å²) in [6.45, 7) is 4.38. The number of carbonyl (C=O) groups is 2. The lowest BCUT2D eigenvalue weighted by atomic mass is 9.54. The van der Waals surface area contributed by atoms with E-state index in [1.165, 1.54) is 30.2 Å². The lowest BCUT2D eigenvalue weighted by Crippen LogP contribution is -2.44. The Kier molecular flexibility index (Phi) is 4.45. The Hall–Kier alpha value is -1.64. The van der Waals surface area contributed by atoms with Gasteiger partial charge < -0.3 is 4.74 Å². The number of carbonyl (C=O) groups excluding carboxylic acids is 2. The molecule has 3 heteroatoms. The van der Waals surface area contributed by atoms with Gasteiger partial charge in [-0.15, -0.1) is 0 Å². The molecular formula is C23H30O3. The van der Waals surface area contributed by atoms with Gasteiger partial charge in [-0.05, 0) is 73.8 Å². The highest BCUT2D eigenvalue weighted by atomic mass is 16.5. The molecule has 3 nitrogen and oxygen atoms in total. The fourth-order valence-electron chi connectivity index (χ4n) is 6.44. The van der Waals surface area contributed by atoms with E-state index in [4.69, 9.17) is 4.74 Å². The van der Waals surface area contributed by atoms with Crippen LogP contribution in [0, 0.1) is 30.1 Å². The van der Waals surface area contributed by atoms with Crippen molar-refractivity contribution >= 4 is 11.8 Å². The van der Waals surface area contributed by atoms with Gasteiger partial charge in [-0.3, -0.25) is 9.59 Å². The molecule has 0 radical (unpaired) electrons. The van der Waals surface area contributed by atoms with Gasteiger partial charge in [0.1, 0.15) is 5.78 Å². The van der Waals surface area contributed by atoms with E-state index < -0.39 is 0 Å². The van der Waals surface area contributed by atoms with Crippen molar-refractivity contribution in [2.45, 2.75) is 64.7 Å². The molecule has 3 aliphatic rings. The van der Waals surface area contributed by atoms with Crippen LogP contribution >= 0.6 is 0 Å². The van der Waals surface area contributed by atoms with E-state index in [2.05, 4.69) is 32.0 Å². The molecule has 2 saturated carbocycles. The van der Waals surface area contributed by atoms with E-state index in [1.54, 1.807) is 0 Å². The van der Waals surface area contributed by atoms with Crippen LogP contribution in [0.2, 0.25) is 0 Å². The van der Waals surface area contributed by atoms with Crippen molar-refractivity contribution in [3.63, 3.8) is 0 Å². The van der Waals surface area contributed by atoms with E-state index in [0.717, 1.165) is 25.7 Å². The molecule has 3 aliphatic carbocycles. The summed E-state index contributed by atoms with van der Waals surface area (Å²) >= 11 is 0. The first-order valence-corrected chi connectivity index (χ1v) is 10.1. The number of methoxy groups -OCH3 is 1. The fourth-order valence-corrected chi connectivity index (χ4v) is 6.44. The van der Waals surface area contributed by atoms with E-state index in [0.29, 0.717) is 42.3 Å². The zero-order valence-electron chi connectivity index (χ0n) is 16.2. The molecule has 4 unspecified atom stereocenters. The Morgan fingerprint density at radius 2 is 2.12 bits per heavy atom. The first-order valence-electron chi connectivity index (χ1n) is 10.1. The van der Waals surface area contributed by atoms with Gasteiger partial charge in [-0.25, -0.2) is 0 Å². The average molecular weight is 354 g/mol. The summed E-state index contributed by atoms with van der Waals surface area (Å²) in [6, 6.07) is 6.93. The van der Waals surface area contributed by atoms with Crippen molar-refractivity contribution in [3.05, 3.63) is 34.9 Å². The number of hydrogen-bond donors (Lipinski definition) is 0. The Balaban J connectivity index is 1.63. The Morgan fingerprint density at radius 3 is 2.88 bits per heavy atom. The van der Waals surface area contributed by atoms with Gasteiger partial charge in [0.15, 0.2) is 0 Å². The molecule has 0 aliphatic heterocycles. The minimum absolute atomic E-state index is 0.150. The third-order valence-corrected chi connectivity index (χ3v) is 7.67. The topological polar surface area (TPSA) is 43.4 Å². The molecule has 0 amide bonds. The van der Waals surface area contributed by atoms with Crippen LogP contribution in [0.25, 0.3) is 0 Å². The number of benzene rings is 1. The third kappa shape index (κ3) is 2.71. The minimum Gasteiger partial charge on any atom is -0.469 e. The Bertz CT molecular complexity index is 737. The molecule has 0 bridgehead atoms. The van der Waals surface area contributed by atoms with Crippen molar-refractivity contribution in [2.24, 2.45) is 23.2 Å². The van der Waals surface area contributed by atoms with Gasteiger partial charge in [-0.2, -0.15) is 0 Å². The molecule has 0 aromatic heterocycles. The second-order valence-electron chi connectivity index (χ2n) is 9.00. The number of ether oxygens (including phenoxy) is 1. The molecular weight excluding hydrogens is 324 g/mol. The minimum atomic E-state index is -0.176. The third-order valence-electron chi connectivity index (χ3n) is 7.67. The van der Waals surface area contributed by atoms with Crippen LogP contribution < -0.4 is 0 Å². The van der Waals surface area contributed by atoms with Gasteiger partial charge in [0, 0.05) is 18.3 Å². The maximum atomic E-state index is 12.9. The number of aryl methyl sites for hydroxylation is 2. The summed E-state index contributed by atoms with van der Waals surface area (Å²) in [4.78, 5) is 24.6. The summed E-state index contributed by atoms with van der Waals surface area (Å²) in [6.07, 6.45) is 6.33. The molecule has 2 fully saturated rings. The number of fused-ring (bicyclic) bond motifs is 5. The van der Waals surface area contributed by atoms with Gasteiger partial charge in [-0.1, -0.05) is 30.7 Å². The van der Waals surface area contributed by atoms with Crippen molar-refractivity contribution in [3.8, 4) is 0 Å². The summed E-state index contributed by atoms with van der Waals surface area (Å²) in [5.74, 6) is 2.22.